The van der Waals surface area contributed by atoms with Crippen molar-refractivity contribution in [3.63, 3.8) is 0 Å². The van der Waals surface area contributed by atoms with Crippen LogP contribution in [0.2, 0.25) is 0 Å². The fourth-order valence-electron chi connectivity index (χ4n) is 3.31. The fourth-order valence-corrected chi connectivity index (χ4v) is 4.61. The molecule has 0 radical (unpaired) electrons. The van der Waals surface area contributed by atoms with Crippen molar-refractivity contribution in [2.75, 3.05) is 25.1 Å². The van der Waals surface area contributed by atoms with Crippen LogP contribution in [0.15, 0.2) is 0 Å². The quantitative estimate of drug-likeness (QED) is 0.820. The number of hydrogen-bond donors (Lipinski definition) is 1. The highest BCUT2D eigenvalue weighted by molar-refractivity contribution is 7.99. The first-order chi connectivity index (χ1) is 8.25. The third-order valence-electron chi connectivity index (χ3n) is 4.41. The van der Waals surface area contributed by atoms with Crippen molar-refractivity contribution < 1.29 is 0 Å². The molecule has 1 saturated heterocycles. The van der Waals surface area contributed by atoms with Gasteiger partial charge in [0.1, 0.15) is 0 Å². The van der Waals surface area contributed by atoms with Crippen molar-refractivity contribution in [2.45, 2.75) is 57.0 Å². The smallest absolute Gasteiger partial charge is 0.0191 e. The van der Waals surface area contributed by atoms with Crippen LogP contribution in [0.1, 0.15) is 44.9 Å². The molecule has 2 nitrogen and oxygen atoms in total. The predicted molar refractivity (Wildman–Crippen MR) is 77.5 cm³/mol. The molecule has 0 amide bonds. The van der Waals surface area contributed by atoms with Crippen LogP contribution in [0, 0.1) is 5.92 Å². The first-order valence-corrected chi connectivity index (χ1v) is 8.44. The molecule has 3 heteroatoms. The van der Waals surface area contributed by atoms with Crippen molar-refractivity contribution >= 4 is 11.8 Å². The van der Waals surface area contributed by atoms with E-state index >= 15 is 0 Å². The van der Waals surface area contributed by atoms with Crippen LogP contribution in [-0.2, 0) is 0 Å². The highest BCUT2D eigenvalue weighted by Crippen LogP contribution is 2.27. The topological polar surface area (TPSA) is 29.3 Å². The van der Waals surface area contributed by atoms with E-state index in [4.69, 9.17) is 5.73 Å². The number of rotatable bonds is 5. The molecule has 100 valence electrons. The van der Waals surface area contributed by atoms with E-state index in [0.717, 1.165) is 18.5 Å². The Labute approximate surface area is 111 Å². The molecular weight excluding hydrogens is 228 g/mol. The van der Waals surface area contributed by atoms with E-state index in [1.807, 2.05) is 0 Å². The SMILES string of the molecule is CN(CC(N)CC1CCCCC1)C1CCSC1. The Kier molecular flexibility index (Phi) is 5.64. The summed E-state index contributed by atoms with van der Waals surface area (Å²) in [5.74, 6) is 3.57. The highest BCUT2D eigenvalue weighted by Gasteiger charge is 2.23. The fraction of sp³-hybridized carbons (Fsp3) is 1.00. The molecule has 2 unspecified atom stereocenters. The lowest BCUT2D eigenvalue weighted by Crippen LogP contribution is -2.42. The zero-order chi connectivity index (χ0) is 12.1. The van der Waals surface area contributed by atoms with Gasteiger partial charge in [-0.15, -0.1) is 0 Å². The maximum atomic E-state index is 6.32. The molecule has 2 rings (SSSR count). The van der Waals surface area contributed by atoms with E-state index in [1.165, 1.54) is 56.5 Å². The van der Waals surface area contributed by atoms with Gasteiger partial charge in [0, 0.05) is 24.4 Å². The second-order valence-electron chi connectivity index (χ2n) is 5.96. The average molecular weight is 256 g/mol. The van der Waals surface area contributed by atoms with Crippen LogP contribution >= 0.6 is 11.8 Å². The van der Waals surface area contributed by atoms with Crippen molar-refractivity contribution in [1.82, 2.24) is 4.90 Å². The molecule has 0 aromatic heterocycles. The summed E-state index contributed by atoms with van der Waals surface area (Å²) in [5.41, 5.74) is 6.32. The molecule has 0 aromatic rings. The standard InChI is InChI=1S/C14H28N2S/c1-16(14-7-8-17-11-14)10-13(15)9-12-5-3-2-4-6-12/h12-14H,2-11,15H2,1H3. The summed E-state index contributed by atoms with van der Waals surface area (Å²) in [4.78, 5) is 2.51. The average Bonchev–Trinajstić information content (AvgIpc) is 2.83. The molecule has 0 spiro atoms. The van der Waals surface area contributed by atoms with Gasteiger partial charge in [0.15, 0.2) is 0 Å². The minimum absolute atomic E-state index is 0.397. The zero-order valence-corrected chi connectivity index (χ0v) is 12.1. The Morgan fingerprint density at radius 3 is 2.65 bits per heavy atom. The first kappa shape index (κ1) is 13.7. The van der Waals surface area contributed by atoms with Crippen molar-refractivity contribution in [2.24, 2.45) is 11.7 Å². The van der Waals surface area contributed by atoms with Gasteiger partial charge >= 0.3 is 0 Å². The van der Waals surface area contributed by atoms with Gasteiger partial charge in [0.05, 0.1) is 0 Å². The largest absolute Gasteiger partial charge is 0.327 e. The second kappa shape index (κ2) is 7.01. The third-order valence-corrected chi connectivity index (χ3v) is 5.56. The first-order valence-electron chi connectivity index (χ1n) is 7.29. The molecule has 1 aliphatic carbocycles. The number of likely N-dealkylation sites (N-methyl/N-ethyl adjacent to an activating group) is 1. The van der Waals surface area contributed by atoms with Crippen LogP contribution in [-0.4, -0.2) is 42.1 Å². The molecule has 1 aliphatic heterocycles. The zero-order valence-electron chi connectivity index (χ0n) is 11.2. The molecule has 2 atom stereocenters. The molecule has 0 bridgehead atoms. The lowest BCUT2D eigenvalue weighted by Gasteiger charge is -2.29. The third kappa shape index (κ3) is 4.46. The monoisotopic (exact) mass is 256 g/mol. The van der Waals surface area contributed by atoms with Gasteiger partial charge in [-0.2, -0.15) is 11.8 Å². The molecule has 2 fully saturated rings. The van der Waals surface area contributed by atoms with Gasteiger partial charge in [-0.05, 0) is 31.6 Å². The van der Waals surface area contributed by atoms with Crippen LogP contribution in [0.25, 0.3) is 0 Å². The molecule has 0 aromatic carbocycles. The van der Waals surface area contributed by atoms with E-state index in [2.05, 4.69) is 23.7 Å². The van der Waals surface area contributed by atoms with Crippen molar-refractivity contribution in [1.29, 1.82) is 0 Å². The molecule has 2 N–H and O–H groups in total. The Morgan fingerprint density at radius 2 is 2.00 bits per heavy atom. The van der Waals surface area contributed by atoms with E-state index in [1.54, 1.807) is 0 Å². The summed E-state index contributed by atoms with van der Waals surface area (Å²) < 4.78 is 0. The molecular formula is C14H28N2S. The van der Waals surface area contributed by atoms with E-state index in [-0.39, 0.29) is 0 Å². The summed E-state index contributed by atoms with van der Waals surface area (Å²) in [7, 11) is 2.26. The van der Waals surface area contributed by atoms with Crippen LogP contribution in [0.3, 0.4) is 0 Å². The van der Waals surface area contributed by atoms with Crippen LogP contribution in [0.4, 0.5) is 0 Å². The summed E-state index contributed by atoms with van der Waals surface area (Å²) in [6.07, 6.45) is 9.79. The van der Waals surface area contributed by atoms with Gasteiger partial charge in [-0.3, -0.25) is 0 Å². The molecule has 2 aliphatic rings. The molecule has 1 saturated carbocycles. The van der Waals surface area contributed by atoms with Gasteiger partial charge < -0.3 is 10.6 Å². The van der Waals surface area contributed by atoms with Gasteiger partial charge in [0.2, 0.25) is 0 Å². The van der Waals surface area contributed by atoms with Gasteiger partial charge in [-0.1, -0.05) is 32.1 Å². The number of hydrogen-bond acceptors (Lipinski definition) is 3. The number of thioether (sulfide) groups is 1. The van der Waals surface area contributed by atoms with E-state index < -0.39 is 0 Å². The Balaban J connectivity index is 1.66. The van der Waals surface area contributed by atoms with E-state index in [9.17, 15) is 0 Å². The van der Waals surface area contributed by atoms with Crippen molar-refractivity contribution in [3.8, 4) is 0 Å². The minimum Gasteiger partial charge on any atom is -0.327 e. The maximum Gasteiger partial charge on any atom is 0.0191 e. The summed E-state index contributed by atoms with van der Waals surface area (Å²) in [5, 5.41) is 0. The number of nitrogens with zero attached hydrogens (tertiary/aromatic N) is 1. The summed E-state index contributed by atoms with van der Waals surface area (Å²) in [6.45, 7) is 1.10. The summed E-state index contributed by atoms with van der Waals surface area (Å²) >= 11 is 2.09. The predicted octanol–water partition coefficient (Wildman–Crippen LogP) is 2.72. The Hall–Kier alpha value is 0.270. The lowest BCUT2D eigenvalue weighted by molar-refractivity contribution is 0.222. The molecule has 17 heavy (non-hydrogen) atoms. The minimum atomic E-state index is 0.397. The van der Waals surface area contributed by atoms with E-state index in [0.29, 0.717) is 6.04 Å². The number of nitrogens with two attached hydrogens (primary N) is 1. The van der Waals surface area contributed by atoms with Gasteiger partial charge in [0.25, 0.3) is 0 Å². The van der Waals surface area contributed by atoms with Crippen LogP contribution in [0.5, 0.6) is 0 Å². The normalized spacial score (nSPS) is 28.8. The van der Waals surface area contributed by atoms with Crippen molar-refractivity contribution in [3.05, 3.63) is 0 Å². The molecule has 1 heterocycles. The Morgan fingerprint density at radius 1 is 1.24 bits per heavy atom. The Bertz CT molecular complexity index is 210. The highest BCUT2D eigenvalue weighted by atomic mass is 32.2. The maximum absolute atomic E-state index is 6.32. The van der Waals surface area contributed by atoms with Crippen LogP contribution < -0.4 is 5.73 Å². The summed E-state index contributed by atoms with van der Waals surface area (Å²) in [6, 6.07) is 1.19. The second-order valence-corrected chi connectivity index (χ2v) is 7.11. The van der Waals surface area contributed by atoms with Gasteiger partial charge in [-0.25, -0.2) is 0 Å². The lowest BCUT2D eigenvalue weighted by atomic mass is 9.85.